The first-order valence-electron chi connectivity index (χ1n) is 11.4. The van der Waals surface area contributed by atoms with E-state index in [1.54, 1.807) is 24.3 Å². The van der Waals surface area contributed by atoms with Crippen LogP contribution in [0.25, 0.3) is 0 Å². The van der Waals surface area contributed by atoms with E-state index >= 15 is 0 Å². The minimum Gasteiger partial charge on any atom is -0.368 e. The molecule has 1 aromatic heterocycles. The van der Waals surface area contributed by atoms with Gasteiger partial charge in [-0.15, -0.1) is 0 Å². The van der Waals surface area contributed by atoms with E-state index in [4.69, 9.17) is 11.6 Å². The molecular formula is C24H29ClFN5O2. The highest BCUT2D eigenvalue weighted by Gasteiger charge is 2.27. The molecule has 1 N–H and O–H groups in total. The standard InChI is InChI=1S/C24H29ClFN5O2/c25-19-3-8-22(27-16-19)28-24(33)18-2-1-10-29(17-18)11-9-23(32)31-14-12-30(13-15-31)21-6-4-20(26)5-7-21/h3-8,16,18H,1-2,9-15,17H2,(H,27,28,33). The van der Waals surface area contributed by atoms with E-state index in [9.17, 15) is 14.0 Å². The molecule has 7 nitrogen and oxygen atoms in total. The number of carbonyl (C=O) groups excluding carboxylic acids is 2. The molecule has 0 bridgehead atoms. The van der Waals surface area contributed by atoms with Crippen molar-refractivity contribution in [1.29, 1.82) is 0 Å². The number of nitrogens with one attached hydrogen (secondary N) is 1. The van der Waals surface area contributed by atoms with Crippen LogP contribution in [0.15, 0.2) is 42.6 Å². The fourth-order valence-electron chi connectivity index (χ4n) is 4.43. The Hall–Kier alpha value is -2.71. The van der Waals surface area contributed by atoms with Gasteiger partial charge in [0, 0.05) is 57.6 Å². The van der Waals surface area contributed by atoms with Crippen molar-refractivity contribution >= 4 is 34.9 Å². The van der Waals surface area contributed by atoms with Gasteiger partial charge in [0.1, 0.15) is 11.6 Å². The Morgan fingerprint density at radius 3 is 2.52 bits per heavy atom. The highest BCUT2D eigenvalue weighted by molar-refractivity contribution is 6.30. The smallest absolute Gasteiger partial charge is 0.229 e. The lowest BCUT2D eigenvalue weighted by atomic mass is 9.97. The molecule has 1 aromatic carbocycles. The van der Waals surface area contributed by atoms with E-state index in [1.807, 2.05) is 4.90 Å². The summed E-state index contributed by atoms with van der Waals surface area (Å²) in [5.74, 6) is 0.233. The van der Waals surface area contributed by atoms with Crippen LogP contribution in [0.2, 0.25) is 5.02 Å². The van der Waals surface area contributed by atoms with Crippen LogP contribution in [0.5, 0.6) is 0 Å². The molecule has 1 atom stereocenters. The summed E-state index contributed by atoms with van der Waals surface area (Å²) in [5, 5.41) is 3.39. The van der Waals surface area contributed by atoms with Gasteiger partial charge in [0.05, 0.1) is 10.9 Å². The Morgan fingerprint density at radius 1 is 1.06 bits per heavy atom. The van der Waals surface area contributed by atoms with E-state index in [2.05, 4.69) is 20.1 Å². The first kappa shape index (κ1) is 23.4. The first-order chi connectivity index (χ1) is 16.0. The number of likely N-dealkylation sites (tertiary alicyclic amines) is 1. The molecular weight excluding hydrogens is 445 g/mol. The summed E-state index contributed by atoms with van der Waals surface area (Å²) < 4.78 is 13.1. The molecule has 0 spiro atoms. The number of amides is 2. The molecule has 2 aliphatic rings. The van der Waals surface area contributed by atoms with Crippen LogP contribution in [0.3, 0.4) is 0 Å². The van der Waals surface area contributed by atoms with Gasteiger partial charge < -0.3 is 20.0 Å². The second-order valence-corrected chi connectivity index (χ2v) is 9.02. The van der Waals surface area contributed by atoms with Gasteiger partial charge in [-0.2, -0.15) is 0 Å². The number of anilines is 2. The Morgan fingerprint density at radius 2 is 1.82 bits per heavy atom. The highest BCUT2D eigenvalue weighted by Crippen LogP contribution is 2.20. The average Bonchev–Trinajstić information content (AvgIpc) is 2.85. The molecule has 0 radical (unpaired) electrons. The lowest BCUT2D eigenvalue weighted by molar-refractivity contribution is -0.131. The fraction of sp³-hybridized carbons (Fsp3) is 0.458. The van der Waals surface area contributed by atoms with Crippen molar-refractivity contribution in [3.8, 4) is 0 Å². The minimum atomic E-state index is -0.244. The summed E-state index contributed by atoms with van der Waals surface area (Å²) in [4.78, 5) is 35.8. The van der Waals surface area contributed by atoms with Crippen molar-refractivity contribution in [3.05, 3.63) is 53.4 Å². The third kappa shape index (κ3) is 6.42. The van der Waals surface area contributed by atoms with E-state index in [-0.39, 0.29) is 23.5 Å². The quantitative estimate of drug-likeness (QED) is 0.697. The minimum absolute atomic E-state index is 0.0437. The van der Waals surface area contributed by atoms with E-state index in [1.165, 1.54) is 18.3 Å². The number of piperazine rings is 1. The number of halogens is 2. The van der Waals surface area contributed by atoms with Crippen molar-refractivity contribution in [2.75, 3.05) is 56.0 Å². The number of hydrogen-bond donors (Lipinski definition) is 1. The molecule has 33 heavy (non-hydrogen) atoms. The molecule has 2 aliphatic heterocycles. The number of aromatic nitrogens is 1. The predicted molar refractivity (Wildman–Crippen MR) is 127 cm³/mol. The van der Waals surface area contributed by atoms with Gasteiger partial charge in [-0.1, -0.05) is 11.6 Å². The van der Waals surface area contributed by atoms with Crippen molar-refractivity contribution in [1.82, 2.24) is 14.8 Å². The van der Waals surface area contributed by atoms with Crippen LogP contribution in [-0.2, 0) is 9.59 Å². The van der Waals surface area contributed by atoms with Gasteiger partial charge in [0.2, 0.25) is 11.8 Å². The lowest BCUT2D eigenvalue weighted by Gasteiger charge is -2.37. The third-order valence-electron chi connectivity index (χ3n) is 6.32. The van der Waals surface area contributed by atoms with Crippen LogP contribution >= 0.6 is 11.6 Å². The van der Waals surface area contributed by atoms with Crippen LogP contribution in [-0.4, -0.2) is 72.4 Å². The molecule has 176 valence electrons. The monoisotopic (exact) mass is 473 g/mol. The highest BCUT2D eigenvalue weighted by atomic mass is 35.5. The predicted octanol–water partition coefficient (Wildman–Crippen LogP) is 3.26. The number of benzene rings is 1. The number of nitrogens with zero attached hydrogens (tertiary/aromatic N) is 4. The summed E-state index contributed by atoms with van der Waals surface area (Å²) in [6, 6.07) is 9.87. The van der Waals surface area contributed by atoms with Gasteiger partial charge in [-0.25, -0.2) is 9.37 Å². The molecule has 0 saturated carbocycles. The molecule has 2 aromatic rings. The summed E-state index contributed by atoms with van der Waals surface area (Å²) >= 11 is 5.85. The van der Waals surface area contributed by atoms with Crippen molar-refractivity contribution in [2.24, 2.45) is 5.92 Å². The number of pyridine rings is 1. The fourth-order valence-corrected chi connectivity index (χ4v) is 4.54. The number of carbonyl (C=O) groups is 2. The molecule has 0 aliphatic carbocycles. The summed E-state index contributed by atoms with van der Waals surface area (Å²) in [5.41, 5.74) is 0.981. The Balaban J connectivity index is 1.20. The van der Waals surface area contributed by atoms with Gasteiger partial charge in [0.25, 0.3) is 0 Å². The lowest BCUT2D eigenvalue weighted by Crippen LogP contribution is -2.49. The van der Waals surface area contributed by atoms with E-state index in [0.717, 1.165) is 38.2 Å². The molecule has 3 heterocycles. The normalized spacial score (nSPS) is 19.4. The zero-order valence-electron chi connectivity index (χ0n) is 18.6. The molecule has 1 unspecified atom stereocenters. The maximum atomic E-state index is 13.1. The number of rotatable bonds is 6. The van der Waals surface area contributed by atoms with Crippen molar-refractivity contribution in [3.63, 3.8) is 0 Å². The topological polar surface area (TPSA) is 68.8 Å². The maximum Gasteiger partial charge on any atom is 0.229 e. The van der Waals surface area contributed by atoms with Crippen LogP contribution in [0, 0.1) is 11.7 Å². The molecule has 2 saturated heterocycles. The third-order valence-corrected chi connectivity index (χ3v) is 6.54. The van der Waals surface area contributed by atoms with Gasteiger partial charge in [-0.05, 0) is 55.8 Å². The Kier molecular flexibility index (Phi) is 7.77. The van der Waals surface area contributed by atoms with E-state index < -0.39 is 0 Å². The summed E-state index contributed by atoms with van der Waals surface area (Å²) in [7, 11) is 0. The number of piperidine rings is 1. The maximum absolute atomic E-state index is 13.1. The Bertz CT molecular complexity index is 948. The van der Waals surface area contributed by atoms with Crippen LogP contribution < -0.4 is 10.2 Å². The SMILES string of the molecule is O=C(Nc1ccc(Cl)cn1)C1CCCN(CCC(=O)N2CCN(c3ccc(F)cc3)CC2)C1. The van der Waals surface area contributed by atoms with Crippen molar-refractivity contribution in [2.45, 2.75) is 19.3 Å². The Labute approximate surface area is 198 Å². The second-order valence-electron chi connectivity index (χ2n) is 8.58. The number of hydrogen-bond acceptors (Lipinski definition) is 5. The van der Waals surface area contributed by atoms with Gasteiger partial charge in [-0.3, -0.25) is 9.59 Å². The molecule has 2 amide bonds. The van der Waals surface area contributed by atoms with Crippen LogP contribution in [0.4, 0.5) is 15.9 Å². The average molecular weight is 474 g/mol. The van der Waals surface area contributed by atoms with Gasteiger partial charge in [0.15, 0.2) is 0 Å². The summed E-state index contributed by atoms with van der Waals surface area (Å²) in [6.45, 7) is 4.99. The molecule has 2 fully saturated rings. The van der Waals surface area contributed by atoms with Crippen LogP contribution in [0.1, 0.15) is 19.3 Å². The first-order valence-corrected chi connectivity index (χ1v) is 11.8. The zero-order valence-corrected chi connectivity index (χ0v) is 19.3. The van der Waals surface area contributed by atoms with E-state index in [0.29, 0.717) is 43.4 Å². The molecule has 9 heteroatoms. The second kappa shape index (κ2) is 10.9. The molecule has 4 rings (SSSR count). The zero-order chi connectivity index (χ0) is 23.2. The van der Waals surface area contributed by atoms with Gasteiger partial charge >= 0.3 is 0 Å². The largest absolute Gasteiger partial charge is 0.368 e. The van der Waals surface area contributed by atoms with Crippen molar-refractivity contribution < 1.29 is 14.0 Å². The summed E-state index contributed by atoms with van der Waals surface area (Å²) in [6.07, 6.45) is 3.71.